The highest BCUT2D eigenvalue weighted by atomic mass is 29.7. The fraction of sp³-hybridized carbons (Fsp3) is 0. The molecule has 0 atom stereocenters. The normalized spacial score (nSPS) is 18.7. The van der Waals surface area contributed by atoms with Gasteiger partial charge in [-0.1, -0.05) is 0 Å². The van der Waals surface area contributed by atoms with E-state index >= 15 is 0 Å². The zero-order valence-electron chi connectivity index (χ0n) is 3.00. The van der Waals surface area contributed by atoms with E-state index in [4.69, 9.17) is 0 Å². The first-order chi connectivity index (χ1) is 3.00. The zero-order valence-corrected chi connectivity index (χ0v) is 7.00. The molecule has 0 aromatic heterocycles. The van der Waals surface area contributed by atoms with Gasteiger partial charge in [-0.3, -0.25) is 0 Å². The van der Waals surface area contributed by atoms with Gasteiger partial charge in [0.2, 0.25) is 0 Å². The van der Waals surface area contributed by atoms with Gasteiger partial charge in [-0.05, 0) is 0 Å². The first-order valence-corrected chi connectivity index (χ1v) is 8.50. The van der Waals surface area contributed by atoms with Gasteiger partial charge in [0.25, 0.3) is 0 Å². The van der Waals surface area contributed by atoms with Gasteiger partial charge in [-0.15, -0.1) is 11.1 Å². The summed E-state index contributed by atoms with van der Waals surface area (Å²) in [5.74, 6) is 0. The monoisotopic (exact) mass is 136 g/mol. The van der Waals surface area contributed by atoms with Crippen LogP contribution in [0.25, 0.3) is 0 Å². The van der Waals surface area contributed by atoms with Gasteiger partial charge >= 0.3 is 0 Å². The average molecular weight is 136 g/mol. The molecule has 1 aliphatic rings. The Labute approximate surface area is 46.8 Å². The summed E-state index contributed by atoms with van der Waals surface area (Å²) in [7, 11) is 4.37. The van der Waals surface area contributed by atoms with Crippen LogP contribution in [0.5, 0.6) is 0 Å². The summed E-state index contributed by atoms with van der Waals surface area (Å²) in [6, 6.07) is 0. The SMILES string of the molecule is C1#C[Si][Si][Si][Si]1. The molecule has 0 aliphatic carbocycles. The lowest BCUT2D eigenvalue weighted by Crippen LogP contribution is -2.21. The molecule has 0 amide bonds. The molecule has 0 saturated carbocycles. The summed E-state index contributed by atoms with van der Waals surface area (Å²) in [5.41, 5.74) is 6.19. The van der Waals surface area contributed by atoms with E-state index in [9.17, 15) is 0 Å². The summed E-state index contributed by atoms with van der Waals surface area (Å²) >= 11 is 0. The maximum atomic E-state index is 3.09. The molecule has 4 heteroatoms. The standard InChI is InChI=1S/C2Si4/c1-2-4-6-5-3-1. The van der Waals surface area contributed by atoms with Gasteiger partial charge in [-0.25, -0.2) is 0 Å². The van der Waals surface area contributed by atoms with Crippen LogP contribution in [-0.4, -0.2) is 35.2 Å². The molecule has 0 saturated heterocycles. The van der Waals surface area contributed by atoms with Crippen molar-refractivity contribution in [3.8, 4) is 11.1 Å². The van der Waals surface area contributed by atoms with Crippen LogP contribution >= 0.6 is 0 Å². The largest absolute Gasteiger partial charge is 0.148 e. The van der Waals surface area contributed by atoms with Crippen molar-refractivity contribution in [2.24, 2.45) is 0 Å². The van der Waals surface area contributed by atoms with Gasteiger partial charge in [-0.2, -0.15) is 0 Å². The summed E-state index contributed by atoms with van der Waals surface area (Å²) < 4.78 is 0. The summed E-state index contributed by atoms with van der Waals surface area (Å²) in [4.78, 5) is 0. The zero-order chi connectivity index (χ0) is 4.24. The lowest BCUT2D eigenvalue weighted by molar-refractivity contribution is 2.88. The third-order valence-electron chi connectivity index (χ3n) is 0.375. The molecule has 0 N–H and O–H groups in total. The summed E-state index contributed by atoms with van der Waals surface area (Å²) in [6.45, 7) is 0. The van der Waals surface area contributed by atoms with Crippen molar-refractivity contribution in [1.82, 2.24) is 0 Å². The van der Waals surface area contributed by atoms with Crippen LogP contribution in [-0.2, 0) is 0 Å². The maximum Gasteiger partial charge on any atom is 0.124 e. The molecule has 8 radical (unpaired) electrons. The van der Waals surface area contributed by atoms with E-state index in [2.05, 4.69) is 11.1 Å². The van der Waals surface area contributed by atoms with Crippen molar-refractivity contribution in [3.63, 3.8) is 0 Å². The van der Waals surface area contributed by atoms with Gasteiger partial charge in [0.1, 0.15) is 18.1 Å². The molecule has 0 spiro atoms. The molecule has 24 valence electrons. The Morgan fingerprint density at radius 2 is 1.33 bits per heavy atom. The Morgan fingerprint density at radius 3 is 1.50 bits per heavy atom. The number of rotatable bonds is 0. The van der Waals surface area contributed by atoms with E-state index in [-0.39, 0.29) is 0 Å². The van der Waals surface area contributed by atoms with E-state index in [1.807, 2.05) is 0 Å². The van der Waals surface area contributed by atoms with Crippen molar-refractivity contribution in [1.29, 1.82) is 0 Å². The molecule has 0 fully saturated rings. The lowest BCUT2D eigenvalue weighted by atomic mass is 11.4. The highest BCUT2D eigenvalue weighted by Gasteiger charge is 1.92. The molecule has 0 unspecified atom stereocenters. The first kappa shape index (κ1) is 4.58. The van der Waals surface area contributed by atoms with Crippen molar-refractivity contribution in [2.45, 2.75) is 0 Å². The minimum absolute atomic E-state index is 0.988. The van der Waals surface area contributed by atoms with Gasteiger partial charge in [0, 0.05) is 17.1 Å². The molecule has 6 heavy (non-hydrogen) atoms. The highest BCUT2D eigenvalue weighted by molar-refractivity contribution is 7.48. The minimum Gasteiger partial charge on any atom is -0.148 e. The van der Waals surface area contributed by atoms with Crippen LogP contribution in [0, 0.1) is 11.1 Å². The second kappa shape index (κ2) is 2.58. The predicted molar refractivity (Wildman–Crippen MR) is 30.8 cm³/mol. The Balaban J connectivity index is 2.36. The average Bonchev–Trinajstić information content (AvgIpc) is 1.72. The van der Waals surface area contributed by atoms with Crippen molar-refractivity contribution < 1.29 is 0 Å². The smallest absolute Gasteiger partial charge is 0.124 e. The fourth-order valence-corrected chi connectivity index (χ4v) is 8.44. The molecule has 1 aliphatic heterocycles. The molecule has 0 aromatic rings. The van der Waals surface area contributed by atoms with Crippen LogP contribution in [0.4, 0.5) is 0 Å². The topological polar surface area (TPSA) is 0 Å². The Morgan fingerprint density at radius 1 is 0.833 bits per heavy atom. The van der Waals surface area contributed by atoms with Crippen molar-refractivity contribution >= 4 is 35.2 Å². The summed E-state index contributed by atoms with van der Waals surface area (Å²) in [5, 5.41) is 0. The van der Waals surface area contributed by atoms with Crippen LogP contribution in [0.3, 0.4) is 0 Å². The van der Waals surface area contributed by atoms with Crippen molar-refractivity contribution in [2.75, 3.05) is 0 Å². The van der Waals surface area contributed by atoms with Crippen molar-refractivity contribution in [3.05, 3.63) is 0 Å². The second-order valence-electron chi connectivity index (χ2n) is 0.750. The Bertz CT molecular complexity index is 77.5. The molecular formula is C2Si4. The highest BCUT2D eigenvalue weighted by Crippen LogP contribution is 1.61. The predicted octanol–water partition coefficient (Wildman–Crippen LogP) is -1.52. The fourth-order valence-electron chi connectivity index (χ4n) is 0.188. The van der Waals surface area contributed by atoms with Gasteiger partial charge in [0.15, 0.2) is 0 Å². The molecule has 0 aromatic carbocycles. The minimum atomic E-state index is 0.988. The van der Waals surface area contributed by atoms with E-state index < -0.39 is 0 Å². The number of hydrogen-bond donors (Lipinski definition) is 0. The maximum absolute atomic E-state index is 3.09. The van der Waals surface area contributed by atoms with Crippen LogP contribution in [0.1, 0.15) is 0 Å². The Kier molecular flexibility index (Phi) is 1.97. The molecular weight excluding hydrogens is 136 g/mol. The number of hydrogen-bond acceptors (Lipinski definition) is 0. The van der Waals surface area contributed by atoms with E-state index in [0.29, 0.717) is 0 Å². The van der Waals surface area contributed by atoms with Gasteiger partial charge < -0.3 is 0 Å². The van der Waals surface area contributed by atoms with E-state index in [0.717, 1.165) is 18.1 Å². The third-order valence-corrected chi connectivity index (χ3v) is 10.1. The molecule has 0 nitrogen and oxygen atoms in total. The van der Waals surface area contributed by atoms with E-state index in [1.165, 1.54) is 17.1 Å². The second-order valence-corrected chi connectivity index (χ2v) is 9.75. The quantitative estimate of drug-likeness (QED) is 0.280. The molecule has 1 rings (SSSR count). The third kappa shape index (κ3) is 1.26. The van der Waals surface area contributed by atoms with Crippen LogP contribution in [0.15, 0.2) is 0 Å². The van der Waals surface area contributed by atoms with E-state index in [1.54, 1.807) is 0 Å². The molecule has 0 bridgehead atoms. The van der Waals surface area contributed by atoms with Crippen LogP contribution in [0.2, 0.25) is 0 Å². The Hall–Kier alpha value is 0.428. The van der Waals surface area contributed by atoms with Gasteiger partial charge in [0.05, 0.1) is 0 Å². The van der Waals surface area contributed by atoms with Crippen LogP contribution < -0.4 is 0 Å². The summed E-state index contributed by atoms with van der Waals surface area (Å²) in [6.07, 6.45) is 0. The lowest BCUT2D eigenvalue weighted by Gasteiger charge is -1.87. The first-order valence-electron chi connectivity index (χ1n) is 1.50. The molecule has 1 heterocycles.